The van der Waals surface area contributed by atoms with Crippen LogP contribution in [0.25, 0.3) is 10.8 Å². The fourth-order valence-electron chi connectivity index (χ4n) is 3.61. The van der Waals surface area contributed by atoms with E-state index in [-0.39, 0.29) is 12.1 Å². The Hall–Kier alpha value is -2.16. The maximum atomic E-state index is 12.1. The highest BCUT2D eigenvalue weighted by molar-refractivity contribution is 7.80. The molecule has 1 heterocycles. The van der Waals surface area contributed by atoms with Crippen molar-refractivity contribution in [3.05, 3.63) is 42.0 Å². The van der Waals surface area contributed by atoms with E-state index in [1.165, 1.54) is 4.31 Å². The number of nitrogens with two attached hydrogens (primary N) is 1. The number of hydrogen-bond donors (Lipinski definition) is 1. The van der Waals surface area contributed by atoms with Crippen molar-refractivity contribution < 1.29 is 18.3 Å². The van der Waals surface area contributed by atoms with Crippen LogP contribution in [0.1, 0.15) is 25.3 Å². The Morgan fingerprint density at radius 2 is 1.93 bits per heavy atom. The van der Waals surface area contributed by atoms with Crippen LogP contribution < -0.4 is 10.0 Å². The van der Waals surface area contributed by atoms with E-state index in [9.17, 15) is 13.6 Å². The third-order valence-corrected chi connectivity index (χ3v) is 5.75. The second-order valence-corrected chi connectivity index (χ2v) is 7.28. The number of hydrogen-bond acceptors (Lipinski definition) is 5. The summed E-state index contributed by atoms with van der Waals surface area (Å²) < 4.78 is 30.7. The van der Waals surface area contributed by atoms with Gasteiger partial charge in [0, 0.05) is 42.3 Å². The van der Waals surface area contributed by atoms with Crippen molar-refractivity contribution in [2.24, 2.45) is 5.73 Å². The van der Waals surface area contributed by atoms with Crippen molar-refractivity contribution in [1.82, 2.24) is 4.90 Å². The zero-order valence-electron chi connectivity index (χ0n) is 15.3. The molecule has 7 nitrogen and oxygen atoms in total. The van der Waals surface area contributed by atoms with Crippen LogP contribution in [0, 0.1) is 0 Å². The molecule has 0 radical (unpaired) electrons. The summed E-state index contributed by atoms with van der Waals surface area (Å²) in [5, 5.41) is 1.81. The first-order chi connectivity index (χ1) is 13.1. The topological polar surface area (TPSA) is 98.9 Å². The molecule has 146 valence electrons. The molecule has 2 aromatic carbocycles. The summed E-state index contributed by atoms with van der Waals surface area (Å²) in [4.78, 5) is 13.5. The second kappa shape index (κ2) is 8.69. The number of amides is 1. The molecule has 2 N–H and O–H groups in total. The molecule has 3 rings (SSSR count). The van der Waals surface area contributed by atoms with E-state index in [0.717, 1.165) is 16.3 Å². The van der Waals surface area contributed by atoms with Crippen molar-refractivity contribution in [1.29, 1.82) is 0 Å². The van der Waals surface area contributed by atoms with E-state index in [4.69, 9.17) is 10.5 Å². The molecule has 1 saturated heterocycles. The lowest BCUT2D eigenvalue weighted by molar-refractivity contribution is 0.0976. The minimum atomic E-state index is -2.42. The van der Waals surface area contributed by atoms with Gasteiger partial charge < -0.3 is 19.9 Å². The maximum Gasteiger partial charge on any atom is 0.409 e. The first-order valence-corrected chi connectivity index (χ1v) is 10.1. The van der Waals surface area contributed by atoms with Crippen LogP contribution in [0.4, 0.5) is 10.5 Å². The molecular formula is C19H24N3O4S-. The highest BCUT2D eigenvalue weighted by atomic mass is 32.2. The van der Waals surface area contributed by atoms with Gasteiger partial charge in [0.1, 0.15) is 0 Å². The molecule has 0 bridgehead atoms. The van der Waals surface area contributed by atoms with E-state index in [0.29, 0.717) is 44.8 Å². The summed E-state index contributed by atoms with van der Waals surface area (Å²) in [6.45, 7) is 3.42. The first-order valence-electron chi connectivity index (χ1n) is 9.07. The summed E-state index contributed by atoms with van der Waals surface area (Å²) in [6, 6.07) is 11.2. The number of fused-ring (bicyclic) bond motifs is 1. The minimum absolute atomic E-state index is 0.207. The van der Waals surface area contributed by atoms with E-state index >= 15 is 0 Å². The number of nitrogens with zero attached hydrogens (tertiary/aromatic N) is 2. The van der Waals surface area contributed by atoms with Crippen LogP contribution in [0.15, 0.2) is 36.4 Å². The van der Waals surface area contributed by atoms with Gasteiger partial charge in [-0.05, 0) is 36.8 Å². The number of rotatable bonds is 5. The monoisotopic (exact) mass is 390 g/mol. The summed E-state index contributed by atoms with van der Waals surface area (Å²) in [5.74, 6) is 0. The van der Waals surface area contributed by atoms with Crippen molar-refractivity contribution in [2.75, 3.05) is 24.0 Å². The largest absolute Gasteiger partial charge is 0.755 e. The molecule has 1 aliphatic heterocycles. The summed E-state index contributed by atoms with van der Waals surface area (Å²) in [7, 11) is 0. The molecule has 0 saturated carbocycles. The van der Waals surface area contributed by atoms with Crippen LogP contribution in [0.3, 0.4) is 0 Å². The fourth-order valence-corrected chi connectivity index (χ4v) is 4.39. The van der Waals surface area contributed by atoms with Gasteiger partial charge in [0.25, 0.3) is 0 Å². The molecule has 1 unspecified atom stereocenters. The lowest BCUT2D eigenvalue weighted by atomic mass is 10.0. The van der Waals surface area contributed by atoms with Gasteiger partial charge in [-0.3, -0.25) is 8.51 Å². The standard InChI is InChI=1S/C19H25N3O4S/c1-2-26-19(23)21-11-9-15(10-12-21)22(27(24)25)18-8-7-14(13-20)16-5-3-4-6-17(16)18/h3-8,15H,2,9-13,20H2,1H3,(H,24,25)/p-1. The lowest BCUT2D eigenvalue weighted by Gasteiger charge is -2.40. The fraction of sp³-hybridized carbons (Fsp3) is 0.421. The van der Waals surface area contributed by atoms with E-state index < -0.39 is 11.3 Å². The van der Waals surface area contributed by atoms with Crippen molar-refractivity contribution in [2.45, 2.75) is 32.4 Å². The van der Waals surface area contributed by atoms with Crippen molar-refractivity contribution >= 4 is 33.8 Å². The van der Waals surface area contributed by atoms with Crippen LogP contribution in [-0.4, -0.2) is 45.5 Å². The molecule has 1 aliphatic rings. The predicted molar refractivity (Wildman–Crippen MR) is 105 cm³/mol. The third kappa shape index (κ3) is 4.07. The number of anilines is 1. The molecule has 27 heavy (non-hydrogen) atoms. The number of likely N-dealkylation sites (tertiary alicyclic amines) is 1. The second-order valence-electron chi connectivity index (χ2n) is 6.45. The average Bonchev–Trinajstić information content (AvgIpc) is 2.68. The van der Waals surface area contributed by atoms with Crippen LogP contribution >= 0.6 is 0 Å². The van der Waals surface area contributed by atoms with Crippen LogP contribution in [0.2, 0.25) is 0 Å². The lowest BCUT2D eigenvalue weighted by Crippen LogP contribution is -2.47. The molecular weight excluding hydrogens is 366 g/mol. The van der Waals surface area contributed by atoms with E-state index in [2.05, 4.69) is 0 Å². The normalized spacial score (nSPS) is 16.3. The van der Waals surface area contributed by atoms with Crippen LogP contribution in [0.5, 0.6) is 0 Å². The molecule has 0 spiro atoms. The quantitative estimate of drug-likeness (QED) is 0.791. The van der Waals surface area contributed by atoms with Gasteiger partial charge in [-0.15, -0.1) is 0 Å². The first kappa shape index (κ1) is 19.6. The van der Waals surface area contributed by atoms with Crippen molar-refractivity contribution in [3.8, 4) is 0 Å². The Balaban J connectivity index is 1.89. The smallest absolute Gasteiger partial charge is 0.409 e. The third-order valence-electron chi connectivity index (χ3n) is 4.93. The van der Waals surface area contributed by atoms with Gasteiger partial charge in [-0.1, -0.05) is 30.3 Å². The summed E-state index contributed by atoms with van der Waals surface area (Å²) in [6.07, 6.45) is 0.767. The highest BCUT2D eigenvalue weighted by Gasteiger charge is 2.29. The SMILES string of the molecule is CCOC(=O)N1CCC(N(c2ccc(CN)c3ccccc23)S(=O)[O-])CC1. The van der Waals surface area contributed by atoms with Gasteiger partial charge in [-0.25, -0.2) is 4.79 Å². The Labute approximate surface area is 161 Å². The predicted octanol–water partition coefficient (Wildman–Crippen LogP) is 2.52. The van der Waals surface area contributed by atoms with Gasteiger partial charge >= 0.3 is 6.09 Å². The highest BCUT2D eigenvalue weighted by Crippen LogP contribution is 2.33. The zero-order valence-corrected chi connectivity index (χ0v) is 16.1. The number of piperidine rings is 1. The summed E-state index contributed by atoms with van der Waals surface area (Å²) in [5.41, 5.74) is 7.45. The Kier molecular flexibility index (Phi) is 6.30. The Bertz CT molecular complexity index is 837. The molecule has 2 aromatic rings. The number of carbonyl (C=O) groups excluding carboxylic acids is 1. The van der Waals surface area contributed by atoms with Crippen LogP contribution in [-0.2, 0) is 22.5 Å². The zero-order chi connectivity index (χ0) is 19.4. The Morgan fingerprint density at radius 3 is 2.52 bits per heavy atom. The number of ether oxygens (including phenoxy) is 1. The molecule has 8 heteroatoms. The van der Waals surface area contributed by atoms with Gasteiger partial charge in [0.05, 0.1) is 12.3 Å². The van der Waals surface area contributed by atoms with E-state index in [1.54, 1.807) is 11.8 Å². The Morgan fingerprint density at radius 1 is 1.26 bits per heavy atom. The van der Waals surface area contributed by atoms with E-state index in [1.807, 2.05) is 36.4 Å². The minimum Gasteiger partial charge on any atom is -0.755 e. The van der Waals surface area contributed by atoms with Crippen molar-refractivity contribution in [3.63, 3.8) is 0 Å². The van der Waals surface area contributed by atoms with Gasteiger partial charge in [0.15, 0.2) is 0 Å². The summed E-state index contributed by atoms with van der Waals surface area (Å²) >= 11 is -2.42. The van der Waals surface area contributed by atoms with Gasteiger partial charge in [-0.2, -0.15) is 0 Å². The molecule has 1 atom stereocenters. The molecule has 0 aromatic heterocycles. The number of carbonyl (C=O) groups is 1. The number of benzene rings is 2. The molecule has 0 aliphatic carbocycles. The maximum absolute atomic E-state index is 12.1. The average molecular weight is 390 g/mol. The molecule has 1 fully saturated rings. The van der Waals surface area contributed by atoms with Gasteiger partial charge in [0.2, 0.25) is 0 Å². The molecule has 1 amide bonds.